The Morgan fingerprint density at radius 1 is 1.25 bits per heavy atom. The monoisotopic (exact) mass is 502 g/mol. The maximum Gasteiger partial charge on any atom is 0.426 e. The molecule has 1 saturated heterocycles. The third kappa shape index (κ3) is 5.45. The summed E-state index contributed by atoms with van der Waals surface area (Å²) in [5, 5.41) is 0. The molecule has 1 aromatic carbocycles. The predicted octanol–water partition coefficient (Wildman–Crippen LogP) is 6.18. The molecule has 32 heavy (non-hydrogen) atoms. The Morgan fingerprint density at radius 2 is 1.88 bits per heavy atom. The first-order valence-corrected chi connectivity index (χ1v) is 14.4. The number of ether oxygens (including phenoxy) is 2. The van der Waals surface area contributed by atoms with Crippen molar-refractivity contribution in [3.8, 4) is 11.5 Å². The molecule has 0 aromatic heterocycles. The van der Waals surface area contributed by atoms with Crippen LogP contribution in [0.2, 0.25) is 0 Å². The molecule has 3 rings (SSSR count). The average molecular weight is 503 g/mol. The van der Waals surface area contributed by atoms with Crippen molar-refractivity contribution in [2.24, 2.45) is 5.41 Å². The highest BCUT2D eigenvalue weighted by atomic mass is 32.5. The third-order valence-corrected chi connectivity index (χ3v) is 11.1. The molecule has 0 saturated carbocycles. The first kappa shape index (κ1) is 25.8. The van der Waals surface area contributed by atoms with E-state index in [9.17, 15) is 4.79 Å². The van der Waals surface area contributed by atoms with Gasteiger partial charge in [-0.05, 0) is 58.4 Å². The van der Waals surface area contributed by atoms with E-state index in [1.165, 1.54) is 16.4 Å². The highest BCUT2D eigenvalue weighted by Gasteiger charge is 2.43. The number of hydrogen-bond acceptors (Lipinski definition) is 7. The standard InChI is InChI=1S/C22H35N2O5PS2/c1-8-22(9-2)14-26-30(31,27-15-22)24(16(3)4)32-23(7)20(25)28-18-12-10-11-17-13-21(5,6)29-19(17)18/h10-12,16H,8-9,13-15H2,1-7H3. The molecule has 2 aliphatic heterocycles. The fraction of sp³-hybridized carbons (Fsp3) is 0.682. The van der Waals surface area contributed by atoms with Crippen LogP contribution in [0, 0.1) is 5.41 Å². The SMILES string of the molecule is CCC1(CC)COP(=S)(N(SN(C)C(=O)Oc2cccc3c2OC(C)(C)C3)C(C)C)OC1. The topological polar surface area (TPSA) is 60.5 Å². The second kappa shape index (κ2) is 9.80. The normalized spacial score (nSPS) is 20.7. The van der Waals surface area contributed by atoms with Gasteiger partial charge in [0.05, 0.1) is 25.3 Å². The summed E-state index contributed by atoms with van der Waals surface area (Å²) in [5.41, 5.74) is 0.720. The number of carbonyl (C=O) groups excluding carboxylic acids is 1. The van der Waals surface area contributed by atoms with Gasteiger partial charge < -0.3 is 18.5 Å². The Balaban J connectivity index is 1.69. The van der Waals surface area contributed by atoms with Crippen LogP contribution in [0.25, 0.3) is 0 Å². The van der Waals surface area contributed by atoms with E-state index in [2.05, 4.69) is 13.8 Å². The summed E-state index contributed by atoms with van der Waals surface area (Å²) in [4.78, 5) is 12.9. The molecule has 0 atom stereocenters. The minimum Gasteiger partial charge on any atom is -0.483 e. The van der Waals surface area contributed by atoms with Crippen molar-refractivity contribution in [1.29, 1.82) is 0 Å². The van der Waals surface area contributed by atoms with Crippen LogP contribution < -0.4 is 9.47 Å². The number of amides is 1. The van der Waals surface area contributed by atoms with Crippen molar-refractivity contribution < 1.29 is 23.3 Å². The first-order chi connectivity index (χ1) is 14.9. The molecule has 2 heterocycles. The first-order valence-electron chi connectivity index (χ1n) is 11.1. The average Bonchev–Trinajstić information content (AvgIpc) is 3.07. The number of benzene rings is 1. The molecule has 0 radical (unpaired) electrons. The van der Waals surface area contributed by atoms with Gasteiger partial charge in [0.1, 0.15) is 5.60 Å². The molecule has 1 amide bonds. The molecule has 7 nitrogen and oxygen atoms in total. The van der Waals surface area contributed by atoms with E-state index in [1.54, 1.807) is 13.1 Å². The Labute approximate surface area is 201 Å². The van der Waals surface area contributed by atoms with Gasteiger partial charge in [-0.1, -0.05) is 26.0 Å². The van der Waals surface area contributed by atoms with Crippen LogP contribution in [-0.2, 0) is 27.3 Å². The highest BCUT2D eigenvalue weighted by Crippen LogP contribution is 2.62. The molecular formula is C22H35N2O5PS2. The fourth-order valence-corrected chi connectivity index (χ4v) is 8.10. The number of carbonyl (C=O) groups is 1. The minimum absolute atomic E-state index is 0.00180. The number of hydrogen-bond donors (Lipinski definition) is 0. The lowest BCUT2D eigenvalue weighted by Gasteiger charge is -2.44. The van der Waals surface area contributed by atoms with Crippen LogP contribution in [0.4, 0.5) is 4.79 Å². The summed E-state index contributed by atoms with van der Waals surface area (Å²) in [6.07, 6.45) is 2.20. The van der Waals surface area contributed by atoms with Crippen molar-refractivity contribution in [3.05, 3.63) is 23.8 Å². The molecule has 0 spiro atoms. The van der Waals surface area contributed by atoms with Gasteiger partial charge in [0.15, 0.2) is 11.5 Å². The molecule has 10 heteroatoms. The third-order valence-electron chi connectivity index (χ3n) is 5.97. The number of rotatable bonds is 7. The Bertz CT molecular complexity index is 877. The second-order valence-electron chi connectivity index (χ2n) is 9.35. The van der Waals surface area contributed by atoms with Crippen LogP contribution in [0.15, 0.2) is 18.2 Å². The largest absolute Gasteiger partial charge is 0.483 e. The van der Waals surface area contributed by atoms with E-state index >= 15 is 0 Å². The van der Waals surface area contributed by atoms with E-state index < -0.39 is 12.7 Å². The van der Waals surface area contributed by atoms with Crippen LogP contribution in [-0.4, -0.2) is 46.4 Å². The summed E-state index contributed by atoms with van der Waals surface area (Å²) in [6, 6.07) is 5.62. The van der Waals surface area contributed by atoms with Gasteiger partial charge in [-0.25, -0.2) is 9.10 Å². The van der Waals surface area contributed by atoms with E-state index in [0.29, 0.717) is 24.7 Å². The number of para-hydroxylation sites is 1. The summed E-state index contributed by atoms with van der Waals surface area (Å²) >= 11 is 7.03. The van der Waals surface area contributed by atoms with E-state index in [1.807, 2.05) is 43.9 Å². The summed E-state index contributed by atoms with van der Waals surface area (Å²) in [5.74, 6) is 1.05. The smallest absolute Gasteiger partial charge is 0.426 e. The van der Waals surface area contributed by atoms with E-state index in [4.69, 9.17) is 30.3 Å². The van der Waals surface area contributed by atoms with Gasteiger partial charge in [-0.2, -0.15) is 4.08 Å². The Kier molecular flexibility index (Phi) is 7.90. The van der Waals surface area contributed by atoms with Gasteiger partial charge in [0, 0.05) is 30.5 Å². The van der Waals surface area contributed by atoms with Crippen molar-refractivity contribution in [2.45, 2.75) is 72.4 Å². The maximum atomic E-state index is 12.9. The zero-order chi connectivity index (χ0) is 23.7. The van der Waals surface area contributed by atoms with Crippen molar-refractivity contribution in [3.63, 3.8) is 0 Å². The van der Waals surface area contributed by atoms with Gasteiger partial charge in [0.2, 0.25) is 0 Å². The Morgan fingerprint density at radius 3 is 2.44 bits per heavy atom. The lowest BCUT2D eigenvalue weighted by Crippen LogP contribution is -2.39. The molecule has 0 N–H and O–H groups in total. The van der Waals surface area contributed by atoms with Gasteiger partial charge in [-0.15, -0.1) is 0 Å². The number of fused-ring (bicyclic) bond motifs is 1. The molecular weight excluding hydrogens is 467 g/mol. The Hall–Kier alpha value is -0.830. The summed E-state index contributed by atoms with van der Waals surface area (Å²) in [7, 11) is 1.66. The van der Waals surface area contributed by atoms with Crippen LogP contribution in [0.1, 0.15) is 59.9 Å². The predicted molar refractivity (Wildman–Crippen MR) is 132 cm³/mol. The molecule has 1 aromatic rings. The van der Waals surface area contributed by atoms with Crippen LogP contribution in [0.5, 0.6) is 11.5 Å². The lowest BCUT2D eigenvalue weighted by atomic mass is 9.84. The number of nitrogens with zero attached hydrogens (tertiary/aromatic N) is 2. The van der Waals surface area contributed by atoms with Crippen molar-refractivity contribution in [2.75, 3.05) is 20.3 Å². The summed E-state index contributed by atoms with van der Waals surface area (Å²) in [6.45, 7) is 10.7. The second-order valence-corrected chi connectivity index (χ2v) is 14.0. The van der Waals surface area contributed by atoms with Crippen molar-refractivity contribution >= 4 is 36.7 Å². The summed E-state index contributed by atoms with van der Waals surface area (Å²) < 4.78 is 27.4. The quantitative estimate of drug-likeness (QED) is 0.324. The maximum absolute atomic E-state index is 12.9. The minimum atomic E-state index is -2.74. The molecule has 0 aliphatic carbocycles. The molecule has 2 aliphatic rings. The van der Waals surface area contributed by atoms with Gasteiger partial charge in [0.25, 0.3) is 6.64 Å². The molecule has 180 valence electrons. The fourth-order valence-electron chi connectivity index (χ4n) is 3.69. The van der Waals surface area contributed by atoms with Crippen molar-refractivity contribution in [1.82, 2.24) is 8.38 Å². The molecule has 1 fully saturated rings. The zero-order valence-corrected chi connectivity index (χ0v) is 22.6. The highest BCUT2D eigenvalue weighted by molar-refractivity contribution is 8.15. The van der Waals surface area contributed by atoms with Crippen LogP contribution >= 0.6 is 18.8 Å². The molecule has 0 bridgehead atoms. The lowest BCUT2D eigenvalue weighted by molar-refractivity contribution is 0.0177. The van der Waals surface area contributed by atoms with E-state index in [0.717, 1.165) is 24.8 Å². The van der Waals surface area contributed by atoms with E-state index in [-0.39, 0.29) is 17.1 Å². The van der Waals surface area contributed by atoms with Crippen LogP contribution in [0.3, 0.4) is 0 Å². The van der Waals surface area contributed by atoms with Gasteiger partial charge >= 0.3 is 6.09 Å². The van der Waals surface area contributed by atoms with Gasteiger partial charge in [-0.3, -0.25) is 0 Å². The molecule has 0 unspecified atom stereocenters. The zero-order valence-electron chi connectivity index (χ0n) is 20.0.